The molecule has 234 valence electrons. The Hall–Kier alpha value is -5.51. The van der Waals surface area contributed by atoms with Gasteiger partial charge in [-0.1, -0.05) is 72.3 Å². The first kappa shape index (κ1) is 31.1. The second-order valence-electron chi connectivity index (χ2n) is 11.1. The van der Waals surface area contributed by atoms with Crippen LogP contribution in [0.15, 0.2) is 102 Å². The highest BCUT2D eigenvalue weighted by atomic mass is 35.5. The molecule has 1 saturated heterocycles. The topological polar surface area (TPSA) is 95.1 Å². The number of halogens is 1. The first-order chi connectivity index (χ1) is 23.6. The number of hydrogen-bond donors (Lipinski definition) is 0. The van der Waals surface area contributed by atoms with Crippen molar-refractivity contribution in [2.75, 3.05) is 38.3 Å². The number of nitrogens with zero attached hydrogens (tertiary/aromatic N) is 5. The van der Waals surface area contributed by atoms with E-state index < -0.39 is 0 Å². The molecule has 9 heteroatoms. The number of benzene rings is 3. The van der Waals surface area contributed by atoms with Gasteiger partial charge in [0, 0.05) is 40.4 Å². The van der Waals surface area contributed by atoms with Crippen LogP contribution in [0.2, 0.25) is 5.02 Å². The number of nitriles is 2. The summed E-state index contributed by atoms with van der Waals surface area (Å²) < 4.78 is 11.2. The third-order valence-corrected chi connectivity index (χ3v) is 9.54. The van der Waals surface area contributed by atoms with Crippen LogP contribution in [-0.2, 0) is 4.74 Å². The monoisotopic (exact) mass is 665 g/mol. The zero-order valence-electron chi connectivity index (χ0n) is 26.0. The van der Waals surface area contributed by atoms with Gasteiger partial charge in [-0.15, -0.1) is 11.3 Å². The van der Waals surface area contributed by atoms with E-state index in [0.717, 1.165) is 49.6 Å². The molecular weight excluding hydrogens is 638 g/mol. The predicted molar refractivity (Wildman–Crippen MR) is 191 cm³/mol. The van der Waals surface area contributed by atoms with Crippen LogP contribution in [0.4, 0.5) is 5.82 Å². The summed E-state index contributed by atoms with van der Waals surface area (Å²) in [7, 11) is 1.52. The maximum atomic E-state index is 10.3. The molecule has 0 amide bonds. The number of rotatable bonds is 7. The van der Waals surface area contributed by atoms with Gasteiger partial charge < -0.3 is 14.4 Å². The summed E-state index contributed by atoms with van der Waals surface area (Å²) in [6, 6.07) is 36.4. The summed E-state index contributed by atoms with van der Waals surface area (Å²) in [5.41, 5.74) is 8.23. The quantitative estimate of drug-likeness (QED) is 0.168. The Labute approximate surface area is 287 Å². The van der Waals surface area contributed by atoms with Crippen molar-refractivity contribution in [3.63, 3.8) is 0 Å². The zero-order chi connectivity index (χ0) is 33.0. The molecule has 1 aliphatic rings. The average molecular weight is 666 g/mol. The van der Waals surface area contributed by atoms with Gasteiger partial charge in [0.15, 0.2) is 0 Å². The van der Waals surface area contributed by atoms with E-state index in [0.29, 0.717) is 53.8 Å². The summed E-state index contributed by atoms with van der Waals surface area (Å²) in [6.45, 7) is 2.46. The fourth-order valence-electron chi connectivity index (χ4n) is 5.95. The van der Waals surface area contributed by atoms with Crippen molar-refractivity contribution < 1.29 is 9.47 Å². The number of pyridine rings is 2. The standard InChI is InChI=1S/C39H28ClN5O2S/c1-46-39-33(24-42)30(22-36(44-39)37-11-6-18-48-37)27-12-13-34(40)31(20-27)26-9-5-10-28(19-26)35-21-29(25-7-3-2-4-8-25)32(23-41)38(43-35)45-14-16-47-17-15-45/h2-13,18-22H,14-17H2,1H3. The van der Waals surface area contributed by atoms with E-state index in [4.69, 9.17) is 26.1 Å². The van der Waals surface area contributed by atoms with Crippen LogP contribution in [-0.4, -0.2) is 43.4 Å². The Balaban J connectivity index is 1.36. The van der Waals surface area contributed by atoms with Crippen molar-refractivity contribution in [2.45, 2.75) is 0 Å². The Morgan fingerprint density at radius 2 is 1.44 bits per heavy atom. The second-order valence-corrected chi connectivity index (χ2v) is 12.5. The van der Waals surface area contributed by atoms with E-state index in [1.807, 2.05) is 96.4 Å². The summed E-state index contributed by atoms with van der Waals surface area (Å²) in [4.78, 5) is 12.8. The maximum Gasteiger partial charge on any atom is 0.232 e. The maximum absolute atomic E-state index is 10.3. The highest BCUT2D eigenvalue weighted by molar-refractivity contribution is 7.13. The van der Waals surface area contributed by atoms with E-state index in [9.17, 15) is 10.5 Å². The fourth-order valence-corrected chi connectivity index (χ4v) is 6.87. The minimum absolute atomic E-state index is 0.272. The Morgan fingerprint density at radius 3 is 2.17 bits per heavy atom. The number of aromatic nitrogens is 2. The van der Waals surface area contributed by atoms with Crippen LogP contribution in [0.5, 0.6) is 5.88 Å². The summed E-state index contributed by atoms with van der Waals surface area (Å²) in [5, 5.41) is 23.0. The van der Waals surface area contributed by atoms with Crippen LogP contribution in [0, 0.1) is 22.7 Å². The first-order valence-electron chi connectivity index (χ1n) is 15.3. The number of ether oxygens (including phenoxy) is 2. The van der Waals surface area contributed by atoms with E-state index in [1.54, 1.807) is 11.3 Å². The molecule has 0 saturated carbocycles. The van der Waals surface area contributed by atoms with Crippen LogP contribution < -0.4 is 9.64 Å². The van der Waals surface area contributed by atoms with Gasteiger partial charge in [-0.05, 0) is 58.5 Å². The SMILES string of the molecule is COc1nc(-c2cccs2)cc(-c2ccc(Cl)c(-c3cccc(-c4cc(-c5ccccc5)c(C#N)c(N5CCOCC5)n4)c3)c2)c1C#N. The van der Waals surface area contributed by atoms with Crippen molar-refractivity contribution in [2.24, 2.45) is 0 Å². The summed E-state index contributed by atoms with van der Waals surface area (Å²) in [6.07, 6.45) is 0. The van der Waals surface area contributed by atoms with E-state index >= 15 is 0 Å². The third-order valence-electron chi connectivity index (χ3n) is 8.32. The number of anilines is 1. The van der Waals surface area contributed by atoms with Crippen LogP contribution >= 0.6 is 22.9 Å². The Bertz CT molecular complexity index is 2200. The average Bonchev–Trinajstić information content (AvgIpc) is 3.70. The molecule has 0 unspecified atom stereocenters. The number of thiophene rings is 1. The molecular formula is C39H28ClN5O2S. The molecule has 1 aliphatic heterocycles. The molecule has 3 aromatic carbocycles. The van der Waals surface area contributed by atoms with Crippen molar-refractivity contribution in [1.82, 2.24) is 9.97 Å². The third kappa shape index (κ3) is 6.01. The summed E-state index contributed by atoms with van der Waals surface area (Å²) >= 11 is 8.43. The predicted octanol–water partition coefficient (Wildman–Crippen LogP) is 9.12. The minimum atomic E-state index is 0.272. The van der Waals surface area contributed by atoms with Gasteiger partial charge in [0.05, 0.1) is 36.6 Å². The van der Waals surface area contributed by atoms with Crippen LogP contribution in [0.1, 0.15) is 11.1 Å². The molecule has 48 heavy (non-hydrogen) atoms. The normalized spacial score (nSPS) is 12.7. The molecule has 0 radical (unpaired) electrons. The molecule has 0 atom stereocenters. The zero-order valence-corrected chi connectivity index (χ0v) is 27.6. The largest absolute Gasteiger partial charge is 0.480 e. The van der Waals surface area contributed by atoms with Crippen LogP contribution in [0.25, 0.3) is 55.2 Å². The number of hydrogen-bond acceptors (Lipinski definition) is 8. The number of morpholine rings is 1. The van der Waals surface area contributed by atoms with Crippen molar-refractivity contribution in [1.29, 1.82) is 10.5 Å². The van der Waals surface area contributed by atoms with E-state index in [-0.39, 0.29) is 5.88 Å². The molecule has 3 aromatic heterocycles. The lowest BCUT2D eigenvalue weighted by Gasteiger charge is -2.29. The smallest absolute Gasteiger partial charge is 0.232 e. The van der Waals surface area contributed by atoms with E-state index in [2.05, 4.69) is 28.1 Å². The molecule has 0 N–H and O–H groups in total. The van der Waals surface area contributed by atoms with Gasteiger partial charge in [0.25, 0.3) is 0 Å². The minimum Gasteiger partial charge on any atom is -0.480 e. The molecule has 6 aromatic rings. The molecule has 4 heterocycles. The molecule has 0 aliphatic carbocycles. The van der Waals surface area contributed by atoms with Crippen molar-refractivity contribution >= 4 is 28.8 Å². The van der Waals surface area contributed by atoms with Gasteiger partial charge >= 0.3 is 0 Å². The van der Waals surface area contributed by atoms with Gasteiger partial charge in [-0.2, -0.15) is 10.5 Å². The molecule has 1 fully saturated rings. The highest BCUT2D eigenvalue weighted by Crippen LogP contribution is 2.40. The van der Waals surface area contributed by atoms with Gasteiger partial charge in [0.1, 0.15) is 29.1 Å². The molecule has 7 rings (SSSR count). The van der Waals surface area contributed by atoms with Gasteiger partial charge in [-0.25, -0.2) is 9.97 Å². The van der Waals surface area contributed by atoms with Gasteiger partial charge in [-0.3, -0.25) is 0 Å². The number of methoxy groups -OCH3 is 1. The van der Waals surface area contributed by atoms with E-state index in [1.165, 1.54) is 7.11 Å². The van der Waals surface area contributed by atoms with Crippen LogP contribution in [0.3, 0.4) is 0 Å². The summed E-state index contributed by atoms with van der Waals surface area (Å²) in [5.74, 6) is 0.925. The Kier molecular flexibility index (Phi) is 8.87. The molecule has 0 bridgehead atoms. The van der Waals surface area contributed by atoms with Crippen molar-refractivity contribution in [3.05, 3.63) is 119 Å². The molecule has 7 nitrogen and oxygen atoms in total. The lowest BCUT2D eigenvalue weighted by molar-refractivity contribution is 0.122. The lowest BCUT2D eigenvalue weighted by atomic mass is 9.94. The first-order valence-corrected chi connectivity index (χ1v) is 16.6. The second kappa shape index (κ2) is 13.7. The molecule has 0 spiro atoms. The Morgan fingerprint density at radius 1 is 0.729 bits per heavy atom. The van der Waals surface area contributed by atoms with Crippen molar-refractivity contribution in [3.8, 4) is 73.2 Å². The lowest BCUT2D eigenvalue weighted by Crippen LogP contribution is -2.37. The highest BCUT2D eigenvalue weighted by Gasteiger charge is 2.22. The fraction of sp³-hybridized carbons (Fsp3) is 0.128. The van der Waals surface area contributed by atoms with Gasteiger partial charge in [0.2, 0.25) is 5.88 Å².